The standard InChI is InChI=1S/C11H14N2O6S/c1-8-3-4-9(13(16)17)7-10(8)12(20(2,18)19)6-5-11(14)15/h3-4,7H,5-6H2,1-2H3,(H,14,15). The quantitative estimate of drug-likeness (QED) is 0.622. The number of nitro benzene ring substituents is 1. The van der Waals surface area contributed by atoms with Gasteiger partial charge in [-0.25, -0.2) is 8.42 Å². The summed E-state index contributed by atoms with van der Waals surface area (Å²) >= 11 is 0. The van der Waals surface area contributed by atoms with Gasteiger partial charge in [0.25, 0.3) is 5.69 Å². The Morgan fingerprint density at radius 3 is 2.50 bits per heavy atom. The Labute approximate surface area is 115 Å². The van der Waals surface area contributed by atoms with E-state index in [-0.39, 0.29) is 17.9 Å². The van der Waals surface area contributed by atoms with E-state index in [1.165, 1.54) is 12.1 Å². The smallest absolute Gasteiger partial charge is 0.305 e. The molecule has 0 saturated carbocycles. The Hall–Kier alpha value is -2.16. The summed E-state index contributed by atoms with van der Waals surface area (Å²) in [4.78, 5) is 20.7. The van der Waals surface area contributed by atoms with Gasteiger partial charge in [-0.05, 0) is 12.5 Å². The molecule has 0 aliphatic heterocycles. The summed E-state index contributed by atoms with van der Waals surface area (Å²) in [6, 6.07) is 3.81. The van der Waals surface area contributed by atoms with Gasteiger partial charge in [0.1, 0.15) is 0 Å². The molecular weight excluding hydrogens is 288 g/mol. The van der Waals surface area contributed by atoms with Crippen LogP contribution in [-0.2, 0) is 14.8 Å². The fraction of sp³-hybridized carbons (Fsp3) is 0.364. The summed E-state index contributed by atoms with van der Waals surface area (Å²) in [6.07, 6.45) is 0.530. The molecule has 9 heteroatoms. The predicted molar refractivity (Wildman–Crippen MR) is 72.3 cm³/mol. The van der Waals surface area contributed by atoms with E-state index in [9.17, 15) is 23.3 Å². The van der Waals surface area contributed by atoms with Crippen molar-refractivity contribution in [3.8, 4) is 0 Å². The first-order chi connectivity index (χ1) is 9.12. The third-order valence-electron chi connectivity index (χ3n) is 2.60. The number of nitro groups is 1. The Morgan fingerprint density at radius 2 is 2.05 bits per heavy atom. The van der Waals surface area contributed by atoms with Crippen LogP contribution in [0.1, 0.15) is 12.0 Å². The largest absolute Gasteiger partial charge is 0.481 e. The van der Waals surface area contributed by atoms with E-state index >= 15 is 0 Å². The van der Waals surface area contributed by atoms with Crippen LogP contribution in [0.4, 0.5) is 11.4 Å². The summed E-state index contributed by atoms with van der Waals surface area (Å²) < 4.78 is 24.3. The lowest BCUT2D eigenvalue weighted by Gasteiger charge is -2.23. The SMILES string of the molecule is Cc1ccc([N+](=O)[O-])cc1N(CCC(=O)O)S(C)(=O)=O. The van der Waals surface area contributed by atoms with Crippen molar-refractivity contribution in [3.63, 3.8) is 0 Å². The average Bonchev–Trinajstić information content (AvgIpc) is 2.29. The number of carboxylic acid groups (broad SMARTS) is 1. The molecule has 0 fully saturated rings. The van der Waals surface area contributed by atoms with Gasteiger partial charge in [-0.3, -0.25) is 19.2 Å². The lowest BCUT2D eigenvalue weighted by molar-refractivity contribution is -0.384. The summed E-state index contributed by atoms with van der Waals surface area (Å²) in [7, 11) is -3.73. The minimum atomic E-state index is -3.73. The van der Waals surface area contributed by atoms with Crippen molar-refractivity contribution in [3.05, 3.63) is 33.9 Å². The molecule has 0 radical (unpaired) electrons. The maximum Gasteiger partial charge on any atom is 0.305 e. The number of hydrogen-bond donors (Lipinski definition) is 1. The van der Waals surface area contributed by atoms with Gasteiger partial charge in [-0.1, -0.05) is 6.07 Å². The second kappa shape index (κ2) is 5.87. The normalized spacial score (nSPS) is 11.1. The molecular formula is C11H14N2O6S. The number of aryl methyl sites for hydroxylation is 1. The van der Waals surface area contributed by atoms with Crippen LogP contribution in [0.25, 0.3) is 0 Å². The Balaban J connectivity index is 3.29. The molecule has 20 heavy (non-hydrogen) atoms. The number of nitrogens with zero attached hydrogens (tertiary/aromatic N) is 2. The van der Waals surface area contributed by atoms with E-state index in [1.807, 2.05) is 0 Å². The number of sulfonamides is 1. The summed E-state index contributed by atoms with van der Waals surface area (Å²) in [6.45, 7) is 1.31. The first-order valence-electron chi connectivity index (χ1n) is 5.57. The molecule has 0 unspecified atom stereocenters. The van der Waals surface area contributed by atoms with Gasteiger partial charge in [0.05, 0.1) is 23.3 Å². The van der Waals surface area contributed by atoms with Crippen molar-refractivity contribution in [2.45, 2.75) is 13.3 Å². The van der Waals surface area contributed by atoms with E-state index in [0.717, 1.165) is 16.6 Å². The van der Waals surface area contributed by atoms with Crippen LogP contribution in [0, 0.1) is 17.0 Å². The number of anilines is 1. The van der Waals surface area contributed by atoms with E-state index in [4.69, 9.17) is 5.11 Å². The lowest BCUT2D eigenvalue weighted by atomic mass is 10.2. The number of aliphatic carboxylic acids is 1. The third-order valence-corrected chi connectivity index (χ3v) is 3.78. The van der Waals surface area contributed by atoms with Crippen LogP contribution >= 0.6 is 0 Å². The van der Waals surface area contributed by atoms with Crippen LogP contribution < -0.4 is 4.31 Å². The van der Waals surface area contributed by atoms with Gasteiger partial charge in [0, 0.05) is 18.7 Å². The molecule has 0 aliphatic carbocycles. The molecule has 0 aliphatic rings. The van der Waals surface area contributed by atoms with Crippen molar-refractivity contribution in [2.24, 2.45) is 0 Å². The molecule has 0 aromatic heterocycles. The molecule has 0 amide bonds. The van der Waals surface area contributed by atoms with Crippen molar-refractivity contribution in [1.29, 1.82) is 0 Å². The molecule has 0 atom stereocenters. The minimum absolute atomic E-state index is 0.114. The van der Waals surface area contributed by atoms with Crippen molar-refractivity contribution < 1.29 is 23.2 Å². The average molecular weight is 302 g/mol. The number of carboxylic acids is 1. The van der Waals surface area contributed by atoms with Crippen molar-refractivity contribution >= 4 is 27.4 Å². The van der Waals surface area contributed by atoms with Crippen LogP contribution in [0.3, 0.4) is 0 Å². The van der Waals surface area contributed by atoms with Crippen LogP contribution in [0.5, 0.6) is 0 Å². The second-order valence-electron chi connectivity index (χ2n) is 4.21. The van der Waals surface area contributed by atoms with Crippen LogP contribution in [0.2, 0.25) is 0 Å². The summed E-state index contributed by atoms with van der Waals surface area (Å²) in [5, 5.41) is 19.4. The molecule has 110 valence electrons. The zero-order chi connectivity index (χ0) is 15.5. The Bertz CT molecular complexity index is 640. The minimum Gasteiger partial charge on any atom is -0.481 e. The first-order valence-corrected chi connectivity index (χ1v) is 7.42. The molecule has 1 N–H and O–H groups in total. The topological polar surface area (TPSA) is 118 Å². The van der Waals surface area contributed by atoms with Gasteiger partial charge in [-0.15, -0.1) is 0 Å². The van der Waals surface area contributed by atoms with Gasteiger partial charge in [-0.2, -0.15) is 0 Å². The highest BCUT2D eigenvalue weighted by Gasteiger charge is 2.22. The molecule has 1 aromatic rings. The van der Waals surface area contributed by atoms with Gasteiger partial charge < -0.3 is 5.11 Å². The highest BCUT2D eigenvalue weighted by molar-refractivity contribution is 7.92. The Kier molecular flexibility index (Phi) is 4.66. The van der Waals surface area contributed by atoms with E-state index in [2.05, 4.69) is 0 Å². The molecule has 0 spiro atoms. The third kappa shape index (κ3) is 3.92. The van der Waals surface area contributed by atoms with E-state index in [1.54, 1.807) is 6.92 Å². The maximum absolute atomic E-state index is 11.7. The van der Waals surface area contributed by atoms with Crippen LogP contribution in [0.15, 0.2) is 18.2 Å². The van der Waals surface area contributed by atoms with Gasteiger partial charge in [0.15, 0.2) is 0 Å². The zero-order valence-electron chi connectivity index (χ0n) is 10.9. The zero-order valence-corrected chi connectivity index (χ0v) is 11.8. The highest BCUT2D eigenvalue weighted by Crippen LogP contribution is 2.27. The fourth-order valence-electron chi connectivity index (χ4n) is 1.64. The number of hydrogen-bond acceptors (Lipinski definition) is 5. The highest BCUT2D eigenvalue weighted by atomic mass is 32.2. The first kappa shape index (κ1) is 15.9. The Morgan fingerprint density at radius 1 is 1.45 bits per heavy atom. The second-order valence-corrected chi connectivity index (χ2v) is 6.11. The predicted octanol–water partition coefficient (Wildman–Crippen LogP) is 1.14. The molecule has 8 nitrogen and oxygen atoms in total. The number of non-ortho nitro benzene ring substituents is 1. The molecule has 0 heterocycles. The number of carbonyl (C=O) groups is 1. The molecule has 1 aromatic carbocycles. The van der Waals surface area contributed by atoms with Crippen molar-refractivity contribution in [2.75, 3.05) is 17.1 Å². The number of benzene rings is 1. The molecule has 0 saturated heterocycles. The van der Waals surface area contributed by atoms with E-state index < -0.39 is 27.3 Å². The lowest BCUT2D eigenvalue weighted by Crippen LogP contribution is -2.32. The van der Waals surface area contributed by atoms with E-state index in [0.29, 0.717) is 5.56 Å². The monoisotopic (exact) mass is 302 g/mol. The number of rotatable bonds is 6. The van der Waals surface area contributed by atoms with Gasteiger partial charge >= 0.3 is 5.97 Å². The van der Waals surface area contributed by atoms with Crippen LogP contribution in [-0.4, -0.2) is 37.2 Å². The summed E-state index contributed by atoms with van der Waals surface area (Å²) in [5.41, 5.74) is 0.365. The van der Waals surface area contributed by atoms with Crippen molar-refractivity contribution in [1.82, 2.24) is 0 Å². The molecule has 1 rings (SSSR count). The van der Waals surface area contributed by atoms with Gasteiger partial charge in [0.2, 0.25) is 10.0 Å². The molecule has 0 bridgehead atoms. The maximum atomic E-state index is 11.7. The summed E-state index contributed by atoms with van der Waals surface area (Å²) in [5.74, 6) is -1.15. The fourth-order valence-corrected chi connectivity index (χ4v) is 2.62.